The lowest BCUT2D eigenvalue weighted by atomic mass is 10.1. The highest BCUT2D eigenvalue weighted by Gasteiger charge is 2.36. The normalized spacial score (nSPS) is 15.7. The number of rotatable bonds is 4. The summed E-state index contributed by atoms with van der Waals surface area (Å²) in [5.41, 5.74) is 2.72. The van der Waals surface area contributed by atoms with Crippen molar-refractivity contribution in [3.63, 3.8) is 0 Å². The molecule has 0 unspecified atom stereocenters. The third kappa shape index (κ3) is 3.84. The standard InChI is InChI=1S/C24H21Cl2N3O2/c25-17-8-11-19(26)16(14-17)15-29-22(6-3-7-23(29)30)24(31)28-13-12-27(18-9-10-18)20-4-1-2-5-21(20)28/h1-8,11,14,18H,9-10,12-13,15H2. The molecular formula is C24H21Cl2N3O2. The second-order valence-corrected chi connectivity index (χ2v) is 8.78. The van der Waals surface area contributed by atoms with Gasteiger partial charge < -0.3 is 9.80 Å². The highest BCUT2D eigenvalue weighted by molar-refractivity contribution is 6.33. The van der Waals surface area contributed by atoms with Crippen molar-refractivity contribution in [1.29, 1.82) is 0 Å². The van der Waals surface area contributed by atoms with Crippen LogP contribution in [0.15, 0.2) is 65.5 Å². The van der Waals surface area contributed by atoms with E-state index in [0.29, 0.717) is 33.9 Å². The molecule has 0 spiro atoms. The summed E-state index contributed by atoms with van der Waals surface area (Å²) in [7, 11) is 0. The summed E-state index contributed by atoms with van der Waals surface area (Å²) in [4.78, 5) is 30.6. The number of amides is 1. The van der Waals surface area contributed by atoms with E-state index in [2.05, 4.69) is 11.0 Å². The molecule has 0 N–H and O–H groups in total. The number of halogens is 2. The number of carbonyl (C=O) groups excluding carboxylic acids is 1. The van der Waals surface area contributed by atoms with Crippen LogP contribution >= 0.6 is 23.2 Å². The van der Waals surface area contributed by atoms with E-state index in [1.54, 1.807) is 35.2 Å². The van der Waals surface area contributed by atoms with Gasteiger partial charge in [-0.05, 0) is 54.8 Å². The zero-order valence-corrected chi connectivity index (χ0v) is 18.3. The van der Waals surface area contributed by atoms with Crippen LogP contribution in [0.5, 0.6) is 0 Å². The number of fused-ring (bicyclic) bond motifs is 1. The Kier molecular flexibility index (Phi) is 5.24. The van der Waals surface area contributed by atoms with Gasteiger partial charge in [0.15, 0.2) is 0 Å². The maximum absolute atomic E-state index is 13.7. The Bertz CT molecular complexity index is 1220. The van der Waals surface area contributed by atoms with Gasteiger partial charge in [-0.2, -0.15) is 0 Å². The predicted octanol–water partition coefficient (Wildman–Crippen LogP) is 4.83. The minimum absolute atomic E-state index is 0.170. The minimum atomic E-state index is -0.258. The van der Waals surface area contributed by atoms with E-state index < -0.39 is 0 Å². The number of hydrogen-bond donors (Lipinski definition) is 0. The summed E-state index contributed by atoms with van der Waals surface area (Å²) in [6.45, 7) is 1.53. The molecule has 1 saturated carbocycles. The molecule has 2 aromatic carbocycles. The molecule has 1 aromatic heterocycles. The number of para-hydroxylation sites is 2. The quantitative estimate of drug-likeness (QED) is 0.567. The van der Waals surface area contributed by atoms with Crippen LogP contribution in [0.3, 0.4) is 0 Å². The molecule has 0 saturated heterocycles. The summed E-state index contributed by atoms with van der Waals surface area (Å²) >= 11 is 12.4. The Balaban J connectivity index is 1.53. The third-order valence-electron chi connectivity index (χ3n) is 5.88. The van der Waals surface area contributed by atoms with Crippen LogP contribution in [0, 0.1) is 0 Å². The number of aromatic nitrogens is 1. The number of carbonyl (C=O) groups is 1. The van der Waals surface area contributed by atoms with Crippen LogP contribution in [-0.4, -0.2) is 29.6 Å². The number of anilines is 2. The molecular weight excluding hydrogens is 433 g/mol. The fourth-order valence-electron chi connectivity index (χ4n) is 4.20. The van der Waals surface area contributed by atoms with Gasteiger partial charge in [0.2, 0.25) is 0 Å². The number of nitrogens with zero attached hydrogens (tertiary/aromatic N) is 3. The zero-order chi connectivity index (χ0) is 21.5. The molecule has 1 aliphatic heterocycles. The van der Waals surface area contributed by atoms with E-state index in [1.807, 2.05) is 18.2 Å². The molecule has 0 bridgehead atoms. The average molecular weight is 454 g/mol. The first-order valence-corrected chi connectivity index (χ1v) is 11.1. The van der Waals surface area contributed by atoms with Crippen LogP contribution in [0.25, 0.3) is 0 Å². The third-order valence-corrected chi connectivity index (χ3v) is 6.49. The summed E-state index contributed by atoms with van der Waals surface area (Å²) in [6, 6.07) is 18.4. The lowest BCUT2D eigenvalue weighted by Gasteiger charge is -2.38. The predicted molar refractivity (Wildman–Crippen MR) is 125 cm³/mol. The van der Waals surface area contributed by atoms with Gasteiger partial charge in [0, 0.05) is 35.2 Å². The highest BCUT2D eigenvalue weighted by Crippen LogP contribution is 2.40. The van der Waals surface area contributed by atoms with Gasteiger partial charge in [0.25, 0.3) is 11.5 Å². The second-order valence-electron chi connectivity index (χ2n) is 7.94. The van der Waals surface area contributed by atoms with E-state index in [-0.39, 0.29) is 18.0 Å². The van der Waals surface area contributed by atoms with Crippen LogP contribution in [0.1, 0.15) is 28.9 Å². The summed E-state index contributed by atoms with van der Waals surface area (Å²) in [6.07, 6.45) is 2.39. The van der Waals surface area contributed by atoms with Crippen molar-refractivity contribution < 1.29 is 4.79 Å². The number of pyridine rings is 1. The van der Waals surface area contributed by atoms with Crippen molar-refractivity contribution in [1.82, 2.24) is 4.57 Å². The van der Waals surface area contributed by atoms with E-state index in [4.69, 9.17) is 23.2 Å². The van der Waals surface area contributed by atoms with E-state index in [1.165, 1.54) is 23.5 Å². The molecule has 5 nitrogen and oxygen atoms in total. The first-order chi connectivity index (χ1) is 15.0. The highest BCUT2D eigenvalue weighted by atomic mass is 35.5. The van der Waals surface area contributed by atoms with E-state index in [0.717, 1.165) is 17.9 Å². The molecule has 7 heteroatoms. The molecule has 3 aromatic rings. The monoisotopic (exact) mass is 453 g/mol. The van der Waals surface area contributed by atoms with Crippen molar-refractivity contribution in [2.75, 3.05) is 22.9 Å². The Hall–Kier alpha value is -2.76. The Morgan fingerprint density at radius 1 is 0.935 bits per heavy atom. The summed E-state index contributed by atoms with van der Waals surface area (Å²) in [5.74, 6) is -0.196. The second kappa shape index (κ2) is 8.06. The molecule has 0 radical (unpaired) electrons. The maximum atomic E-state index is 13.7. The molecule has 0 atom stereocenters. The average Bonchev–Trinajstić information content (AvgIpc) is 3.61. The largest absolute Gasteiger partial charge is 0.365 e. The van der Waals surface area contributed by atoms with Gasteiger partial charge in [-0.15, -0.1) is 0 Å². The van der Waals surface area contributed by atoms with Gasteiger partial charge in [-0.3, -0.25) is 14.2 Å². The minimum Gasteiger partial charge on any atom is -0.365 e. The van der Waals surface area contributed by atoms with Gasteiger partial charge >= 0.3 is 0 Å². The topological polar surface area (TPSA) is 45.6 Å². The molecule has 2 aliphatic rings. The lowest BCUT2D eigenvalue weighted by molar-refractivity contribution is 0.0976. The molecule has 31 heavy (non-hydrogen) atoms. The smallest absolute Gasteiger partial charge is 0.275 e. The first-order valence-electron chi connectivity index (χ1n) is 10.3. The first kappa shape index (κ1) is 20.2. The fourth-order valence-corrected chi connectivity index (χ4v) is 4.58. The van der Waals surface area contributed by atoms with Crippen molar-refractivity contribution in [2.45, 2.75) is 25.4 Å². The van der Waals surface area contributed by atoms with Crippen molar-refractivity contribution >= 4 is 40.5 Å². The van der Waals surface area contributed by atoms with Crippen LogP contribution < -0.4 is 15.4 Å². The van der Waals surface area contributed by atoms with Crippen LogP contribution in [0.2, 0.25) is 10.0 Å². The van der Waals surface area contributed by atoms with Crippen LogP contribution in [-0.2, 0) is 6.54 Å². The van der Waals surface area contributed by atoms with Crippen molar-refractivity contribution in [3.8, 4) is 0 Å². The summed E-state index contributed by atoms with van der Waals surface area (Å²) in [5, 5.41) is 1.03. The maximum Gasteiger partial charge on any atom is 0.275 e. The molecule has 158 valence electrons. The zero-order valence-electron chi connectivity index (χ0n) is 16.8. The molecule has 1 fully saturated rings. The van der Waals surface area contributed by atoms with E-state index >= 15 is 0 Å². The molecule has 2 heterocycles. The van der Waals surface area contributed by atoms with Crippen molar-refractivity contribution in [3.05, 3.63) is 92.3 Å². The Morgan fingerprint density at radius 3 is 2.48 bits per heavy atom. The molecule has 1 aliphatic carbocycles. The summed E-state index contributed by atoms with van der Waals surface area (Å²) < 4.78 is 1.47. The van der Waals surface area contributed by atoms with Gasteiger partial charge in [0.1, 0.15) is 5.69 Å². The van der Waals surface area contributed by atoms with Gasteiger partial charge in [-0.1, -0.05) is 41.4 Å². The SMILES string of the molecule is O=C(c1cccc(=O)n1Cc1cc(Cl)ccc1Cl)N1CCN(C2CC2)c2ccccc21. The lowest BCUT2D eigenvalue weighted by Crippen LogP contribution is -2.46. The Labute approximate surface area is 190 Å². The number of benzene rings is 2. The van der Waals surface area contributed by atoms with E-state index in [9.17, 15) is 9.59 Å². The van der Waals surface area contributed by atoms with Crippen molar-refractivity contribution in [2.24, 2.45) is 0 Å². The fraction of sp³-hybridized carbons (Fsp3) is 0.250. The molecule has 5 rings (SSSR count). The van der Waals surface area contributed by atoms with Gasteiger partial charge in [0.05, 0.1) is 17.9 Å². The van der Waals surface area contributed by atoms with Gasteiger partial charge in [-0.25, -0.2) is 0 Å². The Morgan fingerprint density at radius 2 is 1.71 bits per heavy atom. The molecule has 1 amide bonds. The number of hydrogen-bond acceptors (Lipinski definition) is 3. The van der Waals surface area contributed by atoms with Crippen LogP contribution in [0.4, 0.5) is 11.4 Å².